The summed E-state index contributed by atoms with van der Waals surface area (Å²) in [6.07, 6.45) is -4.76. The van der Waals surface area contributed by atoms with Crippen molar-refractivity contribution in [1.29, 1.82) is 0 Å². The Bertz CT molecular complexity index is 1000. The zero-order chi connectivity index (χ0) is 21.7. The van der Waals surface area contributed by atoms with Crippen LogP contribution in [0.25, 0.3) is 22.4 Å². The number of hydrogen-bond donors (Lipinski definition) is 0. The summed E-state index contributed by atoms with van der Waals surface area (Å²) in [6, 6.07) is 6.12. The fourth-order valence-electron chi connectivity index (χ4n) is 2.48. The molecule has 0 atom stereocenters. The van der Waals surface area contributed by atoms with Gasteiger partial charge in [0.1, 0.15) is 5.69 Å². The van der Waals surface area contributed by atoms with Crippen LogP contribution >= 0.6 is 81.2 Å². The third-order valence-corrected chi connectivity index (χ3v) is 6.58. The number of benzene rings is 2. The van der Waals surface area contributed by atoms with Crippen LogP contribution in [-0.4, -0.2) is 4.98 Å². The zero-order valence-corrected chi connectivity index (χ0v) is 18.9. The van der Waals surface area contributed by atoms with Gasteiger partial charge in [-0.25, -0.2) is 4.98 Å². The second kappa shape index (κ2) is 8.51. The van der Waals surface area contributed by atoms with Gasteiger partial charge in [0.25, 0.3) is 0 Å². The van der Waals surface area contributed by atoms with Gasteiger partial charge in [-0.3, -0.25) is 0 Å². The summed E-state index contributed by atoms with van der Waals surface area (Å²) in [5.41, 5.74) is -1.02. The SMILES string of the molecule is FC(F)(F)c1cc(-c2cc(Cl)c(Cl)c(Cl)c2)c(Cl)c(-c2cc(Cl)c(Cl)c(Cl)c2)n1. The number of hydrogen-bond acceptors (Lipinski definition) is 1. The van der Waals surface area contributed by atoms with Gasteiger partial charge < -0.3 is 0 Å². The van der Waals surface area contributed by atoms with Gasteiger partial charge in [0.05, 0.1) is 40.9 Å². The maximum Gasteiger partial charge on any atom is 0.433 e. The van der Waals surface area contributed by atoms with Crippen molar-refractivity contribution in [3.8, 4) is 22.4 Å². The van der Waals surface area contributed by atoms with Gasteiger partial charge in [-0.15, -0.1) is 0 Å². The summed E-state index contributed by atoms with van der Waals surface area (Å²) in [4.78, 5) is 3.66. The lowest BCUT2D eigenvalue weighted by Gasteiger charge is -2.16. The van der Waals surface area contributed by atoms with Gasteiger partial charge in [-0.05, 0) is 35.9 Å². The minimum atomic E-state index is -4.76. The minimum Gasteiger partial charge on any atom is -0.242 e. The number of aromatic nitrogens is 1. The highest BCUT2D eigenvalue weighted by atomic mass is 35.5. The van der Waals surface area contributed by atoms with Crippen molar-refractivity contribution < 1.29 is 13.2 Å². The summed E-state index contributed by atoms with van der Waals surface area (Å²) in [5.74, 6) is 0. The first-order valence-corrected chi connectivity index (χ1v) is 10.1. The van der Waals surface area contributed by atoms with E-state index < -0.39 is 11.9 Å². The Morgan fingerprint density at radius 3 is 1.41 bits per heavy atom. The highest BCUT2D eigenvalue weighted by Gasteiger charge is 2.34. The molecule has 3 aromatic rings. The lowest BCUT2D eigenvalue weighted by molar-refractivity contribution is -0.141. The van der Waals surface area contributed by atoms with E-state index in [-0.39, 0.29) is 57.5 Å². The lowest BCUT2D eigenvalue weighted by Crippen LogP contribution is -2.09. The molecule has 1 aromatic heterocycles. The molecule has 2 aromatic carbocycles. The molecule has 0 bridgehead atoms. The van der Waals surface area contributed by atoms with Gasteiger partial charge in [0, 0.05) is 11.1 Å². The van der Waals surface area contributed by atoms with Gasteiger partial charge in [0.15, 0.2) is 0 Å². The van der Waals surface area contributed by atoms with Crippen LogP contribution in [0.3, 0.4) is 0 Å². The number of alkyl halides is 3. The molecule has 0 amide bonds. The molecule has 0 aliphatic carbocycles. The molecule has 0 saturated heterocycles. The summed E-state index contributed by atoms with van der Waals surface area (Å²) in [7, 11) is 0. The van der Waals surface area contributed by atoms with Crippen molar-refractivity contribution in [3.63, 3.8) is 0 Å². The Kier molecular flexibility index (Phi) is 6.77. The molecule has 0 saturated carbocycles. The molecule has 29 heavy (non-hydrogen) atoms. The van der Waals surface area contributed by atoms with Gasteiger partial charge >= 0.3 is 6.18 Å². The average molecular weight is 540 g/mol. The van der Waals surface area contributed by atoms with E-state index in [4.69, 9.17) is 81.2 Å². The van der Waals surface area contributed by atoms with Crippen molar-refractivity contribution in [3.05, 3.63) is 71.2 Å². The van der Waals surface area contributed by atoms with Crippen LogP contribution in [0.4, 0.5) is 13.2 Å². The highest BCUT2D eigenvalue weighted by Crippen LogP contribution is 2.44. The molecule has 0 unspecified atom stereocenters. The Balaban J connectivity index is 2.36. The maximum absolute atomic E-state index is 13.5. The van der Waals surface area contributed by atoms with Crippen molar-refractivity contribution in [2.75, 3.05) is 0 Å². The molecule has 0 N–H and O–H groups in total. The molecule has 0 fully saturated rings. The lowest BCUT2D eigenvalue weighted by atomic mass is 10.0. The molecule has 0 radical (unpaired) electrons. The molecule has 11 heteroatoms. The maximum atomic E-state index is 13.5. The smallest absolute Gasteiger partial charge is 0.242 e. The largest absolute Gasteiger partial charge is 0.433 e. The monoisotopic (exact) mass is 537 g/mol. The fraction of sp³-hybridized carbons (Fsp3) is 0.0556. The molecule has 3 rings (SSSR count). The minimum absolute atomic E-state index is 0.00773. The predicted molar refractivity (Wildman–Crippen MR) is 115 cm³/mol. The van der Waals surface area contributed by atoms with E-state index in [0.717, 1.165) is 6.07 Å². The van der Waals surface area contributed by atoms with Crippen molar-refractivity contribution in [2.24, 2.45) is 0 Å². The molecule has 0 aliphatic rings. The molecule has 1 heterocycles. The molecular weight excluding hydrogens is 535 g/mol. The summed E-state index contributed by atoms with van der Waals surface area (Å²) >= 11 is 42.3. The Morgan fingerprint density at radius 2 is 1.00 bits per heavy atom. The van der Waals surface area contributed by atoms with E-state index >= 15 is 0 Å². The van der Waals surface area contributed by atoms with Crippen LogP contribution in [0.15, 0.2) is 30.3 Å². The molecule has 0 spiro atoms. The van der Waals surface area contributed by atoms with Crippen LogP contribution in [0, 0.1) is 0 Å². The first-order chi connectivity index (χ1) is 13.4. The van der Waals surface area contributed by atoms with Gasteiger partial charge in [0.2, 0.25) is 0 Å². The van der Waals surface area contributed by atoms with E-state index in [2.05, 4.69) is 4.98 Å². The quantitative estimate of drug-likeness (QED) is 0.295. The predicted octanol–water partition coefficient (Wildman–Crippen LogP) is 10.0. The number of rotatable bonds is 2. The van der Waals surface area contributed by atoms with Gasteiger partial charge in [-0.2, -0.15) is 13.2 Å². The first-order valence-electron chi connectivity index (χ1n) is 7.47. The topological polar surface area (TPSA) is 12.9 Å². The van der Waals surface area contributed by atoms with Gasteiger partial charge in [-0.1, -0.05) is 81.2 Å². The molecule has 0 aliphatic heterocycles. The number of pyridine rings is 1. The first kappa shape index (κ1) is 23.1. The Morgan fingerprint density at radius 1 is 0.586 bits per heavy atom. The van der Waals surface area contributed by atoms with E-state index in [1.165, 1.54) is 24.3 Å². The number of halogens is 10. The van der Waals surface area contributed by atoms with E-state index in [1.54, 1.807) is 0 Å². The molecule has 152 valence electrons. The highest BCUT2D eigenvalue weighted by molar-refractivity contribution is 6.49. The van der Waals surface area contributed by atoms with Crippen LogP contribution in [0.1, 0.15) is 5.69 Å². The third kappa shape index (κ3) is 4.69. The standard InChI is InChI=1S/C18H5Cl7F3N/c19-9-1-6(2-10(20)15(9)24)8-5-13(18(26,27)28)29-17(14(8)23)7-3-11(21)16(25)12(22)4-7/h1-5H. The van der Waals surface area contributed by atoms with Crippen LogP contribution in [0.2, 0.25) is 35.2 Å². The summed E-state index contributed by atoms with van der Waals surface area (Å²) in [5, 5.41) is 0.185. The van der Waals surface area contributed by atoms with E-state index in [0.29, 0.717) is 0 Å². The molecule has 1 nitrogen and oxygen atoms in total. The third-order valence-electron chi connectivity index (χ3n) is 3.80. The second-order valence-corrected chi connectivity index (χ2v) is 8.49. The second-order valence-electron chi connectivity index (χ2n) is 5.72. The normalized spacial score (nSPS) is 11.8. The molecular formula is C18H5Cl7F3N. The van der Waals surface area contributed by atoms with Crippen LogP contribution in [0.5, 0.6) is 0 Å². The summed E-state index contributed by atoms with van der Waals surface area (Å²) < 4.78 is 40.5. The average Bonchev–Trinajstić information content (AvgIpc) is 2.62. The Hall–Kier alpha value is -0.590. The van der Waals surface area contributed by atoms with E-state index in [9.17, 15) is 13.2 Å². The Labute approximate surface area is 198 Å². The van der Waals surface area contributed by atoms with Crippen molar-refractivity contribution in [1.82, 2.24) is 4.98 Å². The van der Waals surface area contributed by atoms with E-state index in [1.807, 2.05) is 0 Å². The van der Waals surface area contributed by atoms with Crippen LogP contribution < -0.4 is 0 Å². The fourth-order valence-corrected chi connectivity index (χ4v) is 3.99. The van der Waals surface area contributed by atoms with Crippen LogP contribution in [-0.2, 0) is 6.18 Å². The van der Waals surface area contributed by atoms with Crippen molar-refractivity contribution in [2.45, 2.75) is 6.18 Å². The van der Waals surface area contributed by atoms with Crippen molar-refractivity contribution >= 4 is 81.2 Å². The number of nitrogens with zero attached hydrogens (tertiary/aromatic N) is 1. The summed E-state index contributed by atoms with van der Waals surface area (Å²) in [6.45, 7) is 0. The zero-order valence-electron chi connectivity index (χ0n) is 13.6.